The highest BCUT2D eigenvalue weighted by Crippen LogP contribution is 2.33. The van der Waals surface area contributed by atoms with Crippen molar-refractivity contribution in [2.75, 3.05) is 48.4 Å². The molecular weight excluding hydrogens is 460 g/mol. The van der Waals surface area contributed by atoms with E-state index < -0.39 is 17.8 Å². The average Bonchev–Trinajstić information content (AvgIpc) is 2.77. The summed E-state index contributed by atoms with van der Waals surface area (Å²) in [6, 6.07) is 15.7. The van der Waals surface area contributed by atoms with E-state index in [2.05, 4.69) is 27.4 Å². The van der Waals surface area contributed by atoms with E-state index in [0.29, 0.717) is 17.4 Å². The van der Waals surface area contributed by atoms with Gasteiger partial charge in [0.2, 0.25) is 0 Å². The molecule has 0 spiro atoms. The number of rotatable bonds is 6. The van der Waals surface area contributed by atoms with Crippen molar-refractivity contribution in [3.63, 3.8) is 0 Å². The molecule has 0 radical (unpaired) electrons. The summed E-state index contributed by atoms with van der Waals surface area (Å²) in [6.07, 6.45) is -1.12. The highest BCUT2D eigenvalue weighted by atomic mass is 16.6. The number of hydrogen-bond donors (Lipinski definition) is 2. The van der Waals surface area contributed by atoms with Gasteiger partial charge in [0, 0.05) is 31.4 Å². The minimum atomic E-state index is -0.634. The van der Waals surface area contributed by atoms with E-state index in [4.69, 9.17) is 14.2 Å². The summed E-state index contributed by atoms with van der Waals surface area (Å²) >= 11 is 0. The van der Waals surface area contributed by atoms with Crippen molar-refractivity contribution >= 4 is 29.2 Å². The standard InChI is InChI=1S/C27H36N4O5/c1-19-15-30(22-17-34-18-22)12-13-31(19)24-11-10-21(14-23(24)29-26(33)36-27(2,3)4)28-25(32)35-16-20-8-6-5-7-9-20/h5-11,14,19,22H,12-13,15-18H2,1-4H3,(H,28,32)(H,29,33)/t19-/m0/s1. The Kier molecular flexibility index (Phi) is 8.01. The zero-order chi connectivity index (χ0) is 25.7. The van der Waals surface area contributed by atoms with E-state index in [1.165, 1.54) is 0 Å². The predicted octanol–water partition coefficient (Wildman–Crippen LogP) is 4.69. The van der Waals surface area contributed by atoms with Gasteiger partial charge in [0.15, 0.2) is 0 Å². The Morgan fingerprint density at radius 1 is 1.03 bits per heavy atom. The van der Waals surface area contributed by atoms with Crippen LogP contribution in [0.4, 0.5) is 26.7 Å². The number of carbonyl (C=O) groups excluding carboxylic acids is 2. The number of ether oxygens (including phenoxy) is 3. The molecule has 2 aliphatic heterocycles. The number of hydrogen-bond acceptors (Lipinski definition) is 7. The molecule has 2 aromatic carbocycles. The van der Waals surface area contributed by atoms with Gasteiger partial charge in [0.1, 0.15) is 12.2 Å². The first kappa shape index (κ1) is 25.8. The van der Waals surface area contributed by atoms with Crippen molar-refractivity contribution in [2.45, 2.75) is 52.0 Å². The Labute approximate surface area is 212 Å². The van der Waals surface area contributed by atoms with Crippen LogP contribution in [0.15, 0.2) is 48.5 Å². The highest BCUT2D eigenvalue weighted by molar-refractivity contribution is 5.93. The molecule has 0 aliphatic carbocycles. The molecule has 1 atom stereocenters. The zero-order valence-electron chi connectivity index (χ0n) is 21.5. The first-order valence-corrected chi connectivity index (χ1v) is 12.4. The second-order valence-corrected chi connectivity index (χ2v) is 10.3. The number of nitrogens with one attached hydrogen (secondary N) is 2. The van der Waals surface area contributed by atoms with Crippen LogP contribution in [0.25, 0.3) is 0 Å². The van der Waals surface area contributed by atoms with Gasteiger partial charge in [-0.05, 0) is 51.5 Å². The van der Waals surface area contributed by atoms with Gasteiger partial charge < -0.3 is 19.1 Å². The van der Waals surface area contributed by atoms with Crippen LogP contribution in [-0.2, 0) is 20.8 Å². The molecule has 9 nitrogen and oxygen atoms in total. The van der Waals surface area contributed by atoms with Gasteiger partial charge in [-0.2, -0.15) is 0 Å². The molecular formula is C27H36N4O5. The van der Waals surface area contributed by atoms with Crippen LogP contribution >= 0.6 is 0 Å². The SMILES string of the molecule is C[C@H]1CN(C2COC2)CCN1c1ccc(NC(=O)OCc2ccccc2)cc1NC(=O)OC(C)(C)C. The van der Waals surface area contributed by atoms with Gasteiger partial charge in [-0.15, -0.1) is 0 Å². The third kappa shape index (κ3) is 6.89. The maximum absolute atomic E-state index is 12.6. The van der Waals surface area contributed by atoms with Crippen LogP contribution in [0, 0.1) is 0 Å². The maximum Gasteiger partial charge on any atom is 0.412 e. The average molecular weight is 497 g/mol. The molecule has 9 heteroatoms. The van der Waals surface area contributed by atoms with Crippen LogP contribution in [0.5, 0.6) is 0 Å². The van der Waals surface area contributed by atoms with Crippen molar-refractivity contribution in [3.8, 4) is 0 Å². The van der Waals surface area contributed by atoms with Crippen LogP contribution in [0.1, 0.15) is 33.3 Å². The van der Waals surface area contributed by atoms with E-state index in [1.54, 1.807) is 6.07 Å². The smallest absolute Gasteiger partial charge is 0.412 e. The largest absolute Gasteiger partial charge is 0.444 e. The van der Waals surface area contributed by atoms with Crippen LogP contribution < -0.4 is 15.5 Å². The van der Waals surface area contributed by atoms with E-state index in [1.807, 2.05) is 63.2 Å². The first-order chi connectivity index (χ1) is 17.2. The number of amides is 2. The van der Waals surface area contributed by atoms with E-state index >= 15 is 0 Å². The fraction of sp³-hybridized carbons (Fsp3) is 0.481. The maximum atomic E-state index is 12.6. The number of anilines is 3. The molecule has 36 heavy (non-hydrogen) atoms. The van der Waals surface area contributed by atoms with E-state index in [9.17, 15) is 9.59 Å². The lowest BCUT2D eigenvalue weighted by Crippen LogP contribution is -2.59. The Hall–Kier alpha value is -3.30. The predicted molar refractivity (Wildman–Crippen MR) is 140 cm³/mol. The molecule has 0 aromatic heterocycles. The lowest BCUT2D eigenvalue weighted by atomic mass is 10.1. The molecule has 2 amide bonds. The highest BCUT2D eigenvalue weighted by Gasteiger charge is 2.33. The number of piperazine rings is 1. The lowest BCUT2D eigenvalue weighted by Gasteiger charge is -2.46. The van der Waals surface area contributed by atoms with Crippen molar-refractivity contribution in [2.24, 2.45) is 0 Å². The summed E-state index contributed by atoms with van der Waals surface area (Å²) in [7, 11) is 0. The molecule has 0 saturated carbocycles. The lowest BCUT2D eigenvalue weighted by molar-refractivity contribution is -0.0691. The van der Waals surface area contributed by atoms with E-state index in [-0.39, 0.29) is 12.6 Å². The van der Waals surface area contributed by atoms with Crippen molar-refractivity contribution in [1.29, 1.82) is 0 Å². The second kappa shape index (κ2) is 11.2. The van der Waals surface area contributed by atoms with Crippen LogP contribution in [0.3, 0.4) is 0 Å². The molecule has 4 rings (SSSR count). The summed E-state index contributed by atoms with van der Waals surface area (Å²) < 4.78 is 16.2. The van der Waals surface area contributed by atoms with Gasteiger partial charge in [-0.1, -0.05) is 30.3 Å². The summed E-state index contributed by atoms with van der Waals surface area (Å²) in [5, 5.41) is 5.64. The fourth-order valence-electron chi connectivity index (χ4n) is 4.36. The Balaban J connectivity index is 1.48. The molecule has 0 unspecified atom stereocenters. The first-order valence-electron chi connectivity index (χ1n) is 12.4. The molecule has 2 saturated heterocycles. The van der Waals surface area contributed by atoms with Crippen LogP contribution in [-0.4, -0.2) is 67.6 Å². The van der Waals surface area contributed by atoms with Crippen molar-refractivity contribution in [1.82, 2.24) is 4.90 Å². The summed E-state index contributed by atoms with van der Waals surface area (Å²) in [6.45, 7) is 12.0. The molecule has 2 aliphatic rings. The van der Waals surface area contributed by atoms with E-state index in [0.717, 1.165) is 44.1 Å². The minimum Gasteiger partial charge on any atom is -0.444 e. The van der Waals surface area contributed by atoms with Crippen molar-refractivity contribution in [3.05, 3.63) is 54.1 Å². The normalized spacial score (nSPS) is 18.8. The third-order valence-corrected chi connectivity index (χ3v) is 6.20. The van der Waals surface area contributed by atoms with Gasteiger partial charge in [0.05, 0.1) is 30.6 Å². The molecule has 2 heterocycles. The number of benzene rings is 2. The molecule has 2 aromatic rings. The monoisotopic (exact) mass is 496 g/mol. The van der Waals surface area contributed by atoms with Gasteiger partial charge in [-0.25, -0.2) is 9.59 Å². The second-order valence-electron chi connectivity index (χ2n) is 10.3. The van der Waals surface area contributed by atoms with Gasteiger partial charge >= 0.3 is 12.2 Å². The molecule has 0 bridgehead atoms. The third-order valence-electron chi connectivity index (χ3n) is 6.20. The van der Waals surface area contributed by atoms with Crippen molar-refractivity contribution < 1.29 is 23.8 Å². The summed E-state index contributed by atoms with van der Waals surface area (Å²) in [4.78, 5) is 29.8. The topological polar surface area (TPSA) is 92.4 Å². The molecule has 2 fully saturated rings. The molecule has 194 valence electrons. The number of carbonyl (C=O) groups is 2. The number of nitrogens with zero attached hydrogens (tertiary/aromatic N) is 2. The summed E-state index contributed by atoms with van der Waals surface area (Å²) in [5.74, 6) is 0. The zero-order valence-corrected chi connectivity index (χ0v) is 21.5. The summed E-state index contributed by atoms with van der Waals surface area (Å²) in [5.41, 5.74) is 2.22. The quantitative estimate of drug-likeness (QED) is 0.599. The van der Waals surface area contributed by atoms with Gasteiger partial charge in [-0.3, -0.25) is 15.5 Å². The Bertz CT molecular complexity index is 1050. The minimum absolute atomic E-state index is 0.168. The van der Waals surface area contributed by atoms with Gasteiger partial charge in [0.25, 0.3) is 0 Å². The Morgan fingerprint density at radius 3 is 2.42 bits per heavy atom. The van der Waals surface area contributed by atoms with Crippen LogP contribution in [0.2, 0.25) is 0 Å². The fourth-order valence-corrected chi connectivity index (χ4v) is 4.36. The Morgan fingerprint density at radius 2 is 1.78 bits per heavy atom. The molecule has 2 N–H and O–H groups in total.